The van der Waals surface area contributed by atoms with Crippen molar-refractivity contribution in [2.45, 2.75) is 6.92 Å². The predicted molar refractivity (Wildman–Crippen MR) is 177 cm³/mol. The largest absolute Gasteiger partial charge is 0.296 e. The number of imidazole rings is 1. The number of nitrogens with zero attached hydrogens (tertiary/aromatic N) is 2. The molecule has 8 rings (SSSR count). The van der Waals surface area contributed by atoms with Crippen molar-refractivity contribution in [3.8, 4) is 39.1 Å². The summed E-state index contributed by atoms with van der Waals surface area (Å²) in [5.74, 6) is 0.781. The minimum Gasteiger partial charge on any atom is -0.296 e. The summed E-state index contributed by atoms with van der Waals surface area (Å²) >= 11 is 0. The molecule has 2 nitrogen and oxygen atoms in total. The number of rotatable bonds is 4. The van der Waals surface area contributed by atoms with Crippen molar-refractivity contribution < 1.29 is 13.7 Å². The van der Waals surface area contributed by atoms with E-state index in [1.807, 2.05) is 73.7 Å². The van der Waals surface area contributed by atoms with Gasteiger partial charge in [-0.05, 0) is 80.6 Å². The van der Waals surface area contributed by atoms with Gasteiger partial charge < -0.3 is 0 Å². The Labute approximate surface area is 259 Å². The Morgan fingerprint density at radius 3 is 1.83 bits per heavy atom. The maximum atomic E-state index is 9.02. The molecule has 0 aliphatic heterocycles. The maximum Gasteiger partial charge on any atom is 0.111 e. The molecule has 0 saturated heterocycles. The minimum atomic E-state index is -0.513. The Morgan fingerprint density at radius 2 is 1.12 bits per heavy atom. The van der Waals surface area contributed by atoms with Crippen LogP contribution in [0.1, 0.15) is 19.5 Å². The van der Waals surface area contributed by atoms with E-state index < -0.39 is 36.3 Å². The highest BCUT2D eigenvalue weighted by molar-refractivity contribution is 6.22. The average Bonchev–Trinajstić information content (AvgIpc) is 3.50. The summed E-state index contributed by atoms with van der Waals surface area (Å²) < 4.78 is 88.6. The third-order valence-corrected chi connectivity index (χ3v) is 7.71. The van der Waals surface area contributed by atoms with Crippen LogP contribution in [0.2, 0.25) is 0 Å². The van der Waals surface area contributed by atoms with Crippen LogP contribution in [0, 0.1) is 6.92 Å². The molecule has 198 valence electrons. The first-order valence-electron chi connectivity index (χ1n) is 18.6. The molecule has 0 aliphatic rings. The van der Waals surface area contributed by atoms with Crippen LogP contribution in [0.3, 0.4) is 0 Å². The smallest absolute Gasteiger partial charge is 0.111 e. The first-order valence-corrected chi connectivity index (χ1v) is 13.6. The molecular weight excluding hydrogens is 508 g/mol. The molecule has 2 heteroatoms. The molecule has 0 N–H and O–H groups in total. The van der Waals surface area contributed by atoms with Crippen molar-refractivity contribution in [1.82, 2.24) is 9.55 Å². The highest BCUT2D eigenvalue weighted by Crippen LogP contribution is 2.45. The Morgan fingerprint density at radius 1 is 0.548 bits per heavy atom. The maximum absolute atomic E-state index is 9.02. The molecule has 7 aromatic carbocycles. The van der Waals surface area contributed by atoms with Crippen molar-refractivity contribution in [2.75, 3.05) is 0 Å². The van der Waals surface area contributed by atoms with Crippen LogP contribution in [0.5, 0.6) is 0 Å². The van der Waals surface area contributed by atoms with Gasteiger partial charge in [-0.3, -0.25) is 4.57 Å². The van der Waals surface area contributed by atoms with E-state index in [0.717, 1.165) is 33.7 Å². The molecule has 8 aromatic rings. The van der Waals surface area contributed by atoms with E-state index in [1.165, 1.54) is 0 Å². The summed E-state index contributed by atoms with van der Waals surface area (Å²) in [6.45, 7) is 1.94. The zero-order chi connectivity index (χ0) is 36.7. The number of para-hydroxylation sites is 3. The Hall–Kier alpha value is -5.47. The van der Waals surface area contributed by atoms with Gasteiger partial charge in [-0.15, -0.1) is 0 Å². The van der Waals surface area contributed by atoms with Crippen molar-refractivity contribution in [2.24, 2.45) is 0 Å². The van der Waals surface area contributed by atoms with E-state index in [4.69, 9.17) is 18.7 Å². The summed E-state index contributed by atoms with van der Waals surface area (Å²) in [7, 11) is 0. The highest BCUT2D eigenvalue weighted by Gasteiger charge is 2.19. The molecule has 0 atom stereocenters. The van der Waals surface area contributed by atoms with Gasteiger partial charge in [-0.25, -0.2) is 4.98 Å². The van der Waals surface area contributed by atoms with Gasteiger partial charge in [0.1, 0.15) is 5.82 Å². The first-order chi connectivity index (χ1) is 24.9. The van der Waals surface area contributed by atoms with Crippen LogP contribution in [-0.4, -0.2) is 9.55 Å². The molecule has 1 aromatic heterocycles. The first kappa shape index (κ1) is 16.1. The quantitative estimate of drug-likeness (QED) is 0.201. The third-order valence-electron chi connectivity index (χ3n) is 7.71. The summed E-state index contributed by atoms with van der Waals surface area (Å²) in [6, 6.07) is 23.9. The van der Waals surface area contributed by atoms with Gasteiger partial charge in [-0.1, -0.05) is 127 Å². The van der Waals surface area contributed by atoms with Crippen molar-refractivity contribution in [3.63, 3.8) is 0 Å². The molecule has 0 radical (unpaired) electrons. The lowest BCUT2D eigenvalue weighted by Crippen LogP contribution is -1.99. The molecule has 42 heavy (non-hydrogen) atoms. The van der Waals surface area contributed by atoms with Gasteiger partial charge in [0, 0.05) is 5.56 Å². The second-order valence-corrected chi connectivity index (χ2v) is 10.1. The number of hydrogen-bond acceptors (Lipinski definition) is 1. The second kappa shape index (κ2) is 9.87. The zero-order valence-corrected chi connectivity index (χ0v) is 22.6. The molecular formula is C40H28N2. The van der Waals surface area contributed by atoms with Crippen LogP contribution in [0.4, 0.5) is 0 Å². The van der Waals surface area contributed by atoms with E-state index in [2.05, 4.69) is 4.57 Å². The van der Waals surface area contributed by atoms with E-state index in [0.29, 0.717) is 32.7 Å². The molecule has 0 amide bonds. The van der Waals surface area contributed by atoms with Gasteiger partial charge in [-0.2, -0.15) is 0 Å². The lowest BCUT2D eigenvalue weighted by Gasteiger charge is -2.19. The number of benzene rings is 7. The fourth-order valence-corrected chi connectivity index (χ4v) is 6.00. The van der Waals surface area contributed by atoms with Gasteiger partial charge >= 0.3 is 0 Å². The molecule has 0 aliphatic carbocycles. The summed E-state index contributed by atoms with van der Waals surface area (Å²) in [4.78, 5) is 4.78. The minimum absolute atomic E-state index is 0.00157. The van der Waals surface area contributed by atoms with Crippen molar-refractivity contribution >= 4 is 32.6 Å². The van der Waals surface area contributed by atoms with Crippen LogP contribution < -0.4 is 0 Å². The molecule has 0 bridgehead atoms. The van der Waals surface area contributed by atoms with E-state index in [-0.39, 0.29) is 35.3 Å². The summed E-state index contributed by atoms with van der Waals surface area (Å²) in [5, 5.41) is 1.98. The highest BCUT2D eigenvalue weighted by atomic mass is 15.1. The lowest BCUT2D eigenvalue weighted by atomic mass is 9.85. The van der Waals surface area contributed by atoms with Gasteiger partial charge in [0.15, 0.2) is 0 Å². The fraction of sp³-hybridized carbons (Fsp3) is 0.0250. The van der Waals surface area contributed by atoms with Crippen molar-refractivity contribution in [1.29, 1.82) is 0 Å². The van der Waals surface area contributed by atoms with Crippen LogP contribution in [0.15, 0.2) is 151 Å². The molecule has 0 saturated carbocycles. The Kier molecular flexibility index (Phi) is 3.78. The van der Waals surface area contributed by atoms with Crippen LogP contribution in [0.25, 0.3) is 71.6 Å². The normalized spacial score (nSPS) is 14.8. The third kappa shape index (κ3) is 3.84. The second-order valence-electron chi connectivity index (χ2n) is 10.1. The number of aromatic nitrogens is 2. The molecule has 1 heterocycles. The zero-order valence-electron chi connectivity index (χ0n) is 32.6. The molecule has 0 unspecified atom stereocenters. The van der Waals surface area contributed by atoms with Crippen LogP contribution >= 0.6 is 0 Å². The lowest BCUT2D eigenvalue weighted by molar-refractivity contribution is 1.00. The van der Waals surface area contributed by atoms with Gasteiger partial charge in [0.05, 0.1) is 30.4 Å². The average molecular weight is 547 g/mol. The summed E-state index contributed by atoms with van der Waals surface area (Å²) in [6.07, 6.45) is 0. The van der Waals surface area contributed by atoms with E-state index in [1.54, 1.807) is 24.3 Å². The van der Waals surface area contributed by atoms with Gasteiger partial charge in [0.25, 0.3) is 0 Å². The SMILES string of the molecule is [2H]c1c([2H])c([2H])c(-c2c3ccccc3c(-c3c([2H])c([2H])c([2H])c([2H])c3[2H])c3cc(-c4ccccc4-n4c(C)nc5ccccc54)ccc23)c([2H])c1[2H]. The number of fused-ring (bicyclic) bond motifs is 3. The monoisotopic (exact) mass is 546 g/mol. The molecule has 0 spiro atoms. The van der Waals surface area contributed by atoms with E-state index in [9.17, 15) is 0 Å². The number of aryl methyl sites for hydroxylation is 1. The predicted octanol–water partition coefficient (Wildman–Crippen LogP) is 10.6. The van der Waals surface area contributed by atoms with E-state index >= 15 is 0 Å². The molecule has 0 fully saturated rings. The van der Waals surface area contributed by atoms with Gasteiger partial charge in [0.2, 0.25) is 0 Å². The van der Waals surface area contributed by atoms with Crippen molar-refractivity contribution in [3.05, 3.63) is 157 Å². The fourth-order valence-electron chi connectivity index (χ4n) is 6.00. The van der Waals surface area contributed by atoms with Crippen LogP contribution in [-0.2, 0) is 0 Å². The summed E-state index contributed by atoms with van der Waals surface area (Å²) in [5.41, 5.74) is 4.96. The Bertz CT molecular complexity index is 2770. The topological polar surface area (TPSA) is 17.8 Å². The standard InChI is InChI=1S/C40H28N2/c1-27-41-36-21-11-13-23-38(36)42(27)37-22-12-10-18-31(37)30-24-25-34-35(26-30)40(29-16-6-3-7-17-29)33-20-9-8-19-32(33)39(34)28-14-4-2-5-15-28/h2-26H,1H3/i2D,3D,4D,5D,6D,7D,14D,15D,16D,17D. The Balaban J connectivity index is 1.56. The number of hydrogen-bond donors (Lipinski definition) is 0.